The molecule has 0 aromatic carbocycles. The number of hydrogen-bond donors (Lipinski definition) is 1. The molecule has 2 rings (SSSR count). The molecule has 19 heavy (non-hydrogen) atoms. The zero-order chi connectivity index (χ0) is 13.7. The first-order valence-electron chi connectivity index (χ1n) is 7.24. The van der Waals surface area contributed by atoms with Gasteiger partial charge in [0.15, 0.2) is 0 Å². The van der Waals surface area contributed by atoms with E-state index in [0.29, 0.717) is 12.5 Å². The summed E-state index contributed by atoms with van der Waals surface area (Å²) in [5, 5.41) is 3.48. The Morgan fingerprint density at radius 3 is 2.84 bits per heavy atom. The predicted molar refractivity (Wildman–Crippen MR) is 74.6 cm³/mol. The lowest BCUT2D eigenvalue weighted by atomic mass is 10.3. The van der Waals surface area contributed by atoms with E-state index in [4.69, 9.17) is 0 Å². The van der Waals surface area contributed by atoms with Gasteiger partial charge in [-0.25, -0.2) is 4.98 Å². The van der Waals surface area contributed by atoms with Gasteiger partial charge in [0.1, 0.15) is 0 Å². The number of aryl methyl sites for hydroxylation is 1. The maximum absolute atomic E-state index is 12.0. The summed E-state index contributed by atoms with van der Waals surface area (Å²) in [6, 6.07) is 0.695. The van der Waals surface area contributed by atoms with Crippen LogP contribution in [0.25, 0.3) is 0 Å². The molecule has 1 amide bonds. The van der Waals surface area contributed by atoms with Crippen LogP contribution < -0.4 is 5.32 Å². The number of carbonyl (C=O) groups excluding carboxylic acids is 1. The Morgan fingerprint density at radius 1 is 1.47 bits per heavy atom. The van der Waals surface area contributed by atoms with Crippen molar-refractivity contribution in [2.45, 2.75) is 52.2 Å². The number of imidazole rings is 1. The second-order valence-electron chi connectivity index (χ2n) is 5.05. The fraction of sp³-hybridized carbons (Fsp3) is 0.714. The van der Waals surface area contributed by atoms with Crippen molar-refractivity contribution < 1.29 is 4.79 Å². The number of amides is 1. The van der Waals surface area contributed by atoms with Crippen LogP contribution >= 0.6 is 0 Å². The highest BCUT2D eigenvalue weighted by Crippen LogP contribution is 2.19. The van der Waals surface area contributed by atoms with Crippen molar-refractivity contribution in [2.75, 3.05) is 13.1 Å². The average Bonchev–Trinajstić information content (AvgIpc) is 3.14. The zero-order valence-corrected chi connectivity index (χ0v) is 11.9. The summed E-state index contributed by atoms with van der Waals surface area (Å²) in [5.74, 6) is 0.222. The molecule has 5 nitrogen and oxygen atoms in total. The normalized spacial score (nSPS) is 14.6. The van der Waals surface area contributed by atoms with Crippen LogP contribution in [-0.4, -0.2) is 39.5 Å². The van der Waals surface area contributed by atoms with Crippen LogP contribution in [0.5, 0.6) is 0 Å². The topological polar surface area (TPSA) is 50.2 Å². The second kappa shape index (κ2) is 6.70. The van der Waals surface area contributed by atoms with E-state index in [1.807, 2.05) is 31.3 Å². The summed E-state index contributed by atoms with van der Waals surface area (Å²) >= 11 is 0. The Bertz CT molecular complexity index is 407. The van der Waals surface area contributed by atoms with Gasteiger partial charge < -0.3 is 14.8 Å². The molecule has 1 aromatic rings. The van der Waals surface area contributed by atoms with Crippen LogP contribution in [0.4, 0.5) is 0 Å². The molecule has 0 bridgehead atoms. The highest BCUT2D eigenvalue weighted by molar-refractivity contribution is 5.76. The summed E-state index contributed by atoms with van der Waals surface area (Å²) in [6.07, 6.45) is 6.83. The quantitative estimate of drug-likeness (QED) is 0.772. The van der Waals surface area contributed by atoms with Crippen molar-refractivity contribution in [3.8, 4) is 0 Å². The first-order chi connectivity index (χ1) is 9.24. The molecule has 0 aliphatic heterocycles. The van der Waals surface area contributed by atoms with E-state index in [9.17, 15) is 4.79 Å². The van der Waals surface area contributed by atoms with Gasteiger partial charge in [-0.1, -0.05) is 0 Å². The molecule has 106 valence electrons. The first-order valence-corrected chi connectivity index (χ1v) is 7.24. The lowest BCUT2D eigenvalue weighted by Crippen LogP contribution is -2.31. The predicted octanol–water partition coefficient (Wildman–Crippen LogP) is 1.39. The summed E-state index contributed by atoms with van der Waals surface area (Å²) in [7, 11) is 0. The molecule has 1 aromatic heterocycles. The third-order valence-corrected chi connectivity index (χ3v) is 3.63. The first kappa shape index (κ1) is 14.1. The van der Waals surface area contributed by atoms with Crippen molar-refractivity contribution in [3.63, 3.8) is 0 Å². The van der Waals surface area contributed by atoms with E-state index in [1.54, 1.807) is 0 Å². The van der Waals surface area contributed by atoms with Crippen LogP contribution in [0.15, 0.2) is 12.5 Å². The van der Waals surface area contributed by atoms with Gasteiger partial charge >= 0.3 is 0 Å². The Balaban J connectivity index is 1.81. The molecular formula is C14H24N4O. The van der Waals surface area contributed by atoms with Gasteiger partial charge in [0.2, 0.25) is 5.91 Å². The second-order valence-corrected chi connectivity index (χ2v) is 5.05. The van der Waals surface area contributed by atoms with E-state index in [-0.39, 0.29) is 5.91 Å². The van der Waals surface area contributed by atoms with Gasteiger partial charge in [0.05, 0.1) is 12.0 Å². The molecular weight excluding hydrogens is 240 g/mol. The third-order valence-electron chi connectivity index (χ3n) is 3.63. The van der Waals surface area contributed by atoms with Crippen molar-refractivity contribution in [1.82, 2.24) is 19.8 Å². The van der Waals surface area contributed by atoms with E-state index in [0.717, 1.165) is 26.2 Å². The molecule has 1 aliphatic rings. The van der Waals surface area contributed by atoms with E-state index in [2.05, 4.69) is 14.9 Å². The molecule has 1 fully saturated rings. The molecule has 1 heterocycles. The minimum Gasteiger partial charge on any atom is -0.343 e. The summed E-state index contributed by atoms with van der Waals surface area (Å²) in [6.45, 7) is 7.18. The number of aromatic nitrogens is 2. The Morgan fingerprint density at radius 2 is 2.21 bits per heavy atom. The van der Waals surface area contributed by atoms with Gasteiger partial charge in [-0.3, -0.25) is 4.79 Å². The van der Waals surface area contributed by atoms with Crippen molar-refractivity contribution in [1.29, 1.82) is 0 Å². The fourth-order valence-corrected chi connectivity index (χ4v) is 2.18. The van der Waals surface area contributed by atoms with Crippen LogP contribution in [0.2, 0.25) is 0 Å². The van der Waals surface area contributed by atoms with Crippen molar-refractivity contribution in [3.05, 3.63) is 18.2 Å². The van der Waals surface area contributed by atoms with Crippen molar-refractivity contribution in [2.24, 2.45) is 0 Å². The highest BCUT2D eigenvalue weighted by atomic mass is 16.2. The monoisotopic (exact) mass is 264 g/mol. The molecule has 1 N–H and O–H groups in total. The molecule has 0 saturated heterocycles. The Kier molecular flexibility index (Phi) is 4.96. The van der Waals surface area contributed by atoms with Crippen LogP contribution in [0.1, 0.15) is 38.8 Å². The van der Waals surface area contributed by atoms with Crippen LogP contribution in [-0.2, 0) is 17.9 Å². The molecule has 0 spiro atoms. The number of rotatable bonds is 8. The smallest absolute Gasteiger partial charge is 0.224 e. The third kappa shape index (κ3) is 4.06. The Hall–Kier alpha value is -1.36. The summed E-state index contributed by atoms with van der Waals surface area (Å²) in [4.78, 5) is 18.0. The maximum Gasteiger partial charge on any atom is 0.224 e. The number of carbonyl (C=O) groups is 1. The fourth-order valence-electron chi connectivity index (χ4n) is 2.18. The van der Waals surface area contributed by atoms with E-state index >= 15 is 0 Å². The van der Waals surface area contributed by atoms with Crippen LogP contribution in [0, 0.1) is 0 Å². The molecule has 1 saturated carbocycles. The van der Waals surface area contributed by atoms with Crippen LogP contribution in [0.3, 0.4) is 0 Å². The molecule has 1 aliphatic carbocycles. The lowest BCUT2D eigenvalue weighted by Gasteiger charge is -2.19. The number of nitrogens with zero attached hydrogens (tertiary/aromatic N) is 3. The van der Waals surface area contributed by atoms with E-state index in [1.165, 1.54) is 18.5 Å². The van der Waals surface area contributed by atoms with E-state index < -0.39 is 0 Å². The van der Waals surface area contributed by atoms with Gasteiger partial charge in [-0.2, -0.15) is 0 Å². The number of hydrogen-bond acceptors (Lipinski definition) is 3. The zero-order valence-electron chi connectivity index (χ0n) is 11.9. The van der Waals surface area contributed by atoms with Gasteiger partial charge in [-0.05, 0) is 26.7 Å². The maximum atomic E-state index is 12.0. The van der Waals surface area contributed by atoms with Gasteiger partial charge in [0.25, 0.3) is 0 Å². The lowest BCUT2D eigenvalue weighted by molar-refractivity contribution is -0.131. The van der Waals surface area contributed by atoms with Gasteiger partial charge in [-0.15, -0.1) is 0 Å². The largest absolute Gasteiger partial charge is 0.343 e. The van der Waals surface area contributed by atoms with Gasteiger partial charge in [0, 0.05) is 44.8 Å². The molecule has 5 heteroatoms. The minimum absolute atomic E-state index is 0.222. The molecule has 0 radical (unpaired) electrons. The Labute approximate surface area is 115 Å². The van der Waals surface area contributed by atoms with Crippen molar-refractivity contribution >= 4 is 5.91 Å². The average molecular weight is 264 g/mol. The SMILES string of the molecule is CCN(CC)C(=O)CCn1cncc1CNC1CC1. The standard InChI is InChI=1S/C14H24N4O/c1-3-17(4-2)14(19)7-8-18-11-15-9-13(18)10-16-12-5-6-12/h9,11-12,16H,3-8,10H2,1-2H3. The molecule has 0 unspecified atom stereocenters. The molecule has 0 atom stereocenters. The number of nitrogens with one attached hydrogen (secondary N) is 1. The summed E-state index contributed by atoms with van der Waals surface area (Å²) < 4.78 is 2.08. The summed E-state index contributed by atoms with van der Waals surface area (Å²) in [5.41, 5.74) is 1.17. The highest BCUT2D eigenvalue weighted by Gasteiger charge is 2.20. The minimum atomic E-state index is 0.222.